The van der Waals surface area contributed by atoms with E-state index in [1.807, 2.05) is 40.9 Å². The molecule has 0 aliphatic carbocycles. The molecule has 0 atom stereocenters. The van der Waals surface area contributed by atoms with E-state index in [2.05, 4.69) is 83.0 Å². The van der Waals surface area contributed by atoms with E-state index in [-0.39, 0.29) is 0 Å². The smallest absolute Gasteiger partial charge is 0.205 e. The van der Waals surface area contributed by atoms with Crippen LogP contribution in [0.25, 0.3) is 39.4 Å². The SMILES string of the molecule is CCc1nn2c(C)cc(-c3ccccc3)nc2c1Cc1ccc(-c2ccccc2-c2nn[nH]n2)cc1. The van der Waals surface area contributed by atoms with Gasteiger partial charge in [-0.15, -0.1) is 10.2 Å². The van der Waals surface area contributed by atoms with Gasteiger partial charge in [-0.2, -0.15) is 10.3 Å². The fraction of sp³-hybridized carbons (Fsp3) is 0.138. The van der Waals surface area contributed by atoms with Crippen LogP contribution in [0.3, 0.4) is 0 Å². The predicted molar refractivity (Wildman–Crippen MR) is 140 cm³/mol. The van der Waals surface area contributed by atoms with Crippen molar-refractivity contribution < 1.29 is 0 Å². The van der Waals surface area contributed by atoms with E-state index in [4.69, 9.17) is 10.1 Å². The van der Waals surface area contributed by atoms with Gasteiger partial charge in [0.25, 0.3) is 0 Å². The van der Waals surface area contributed by atoms with E-state index < -0.39 is 0 Å². The number of tetrazole rings is 1. The molecule has 0 amide bonds. The third-order valence-electron chi connectivity index (χ3n) is 6.51. The van der Waals surface area contributed by atoms with Crippen molar-refractivity contribution in [2.45, 2.75) is 26.7 Å². The van der Waals surface area contributed by atoms with Gasteiger partial charge in [0.1, 0.15) is 0 Å². The van der Waals surface area contributed by atoms with Crippen LogP contribution in [0.4, 0.5) is 0 Å². The lowest BCUT2D eigenvalue weighted by Gasteiger charge is -2.09. The number of benzene rings is 3. The molecule has 0 fully saturated rings. The van der Waals surface area contributed by atoms with Gasteiger partial charge < -0.3 is 0 Å². The standard InChI is InChI=1S/C29H25N7/c1-3-26-25(29-30-27(17-19(2)36(29)33-26)22-9-5-4-6-10-22)18-20-13-15-21(16-14-20)23-11-7-8-12-24(23)28-31-34-35-32-28/h4-17H,3,18H2,1-2H3,(H,31,32,34,35). The van der Waals surface area contributed by atoms with Crippen molar-refractivity contribution in [1.82, 2.24) is 35.2 Å². The molecule has 0 aliphatic rings. The normalized spacial score (nSPS) is 11.3. The first-order valence-corrected chi connectivity index (χ1v) is 12.1. The Labute approximate surface area is 208 Å². The summed E-state index contributed by atoms with van der Waals surface area (Å²) in [6.07, 6.45) is 1.62. The van der Waals surface area contributed by atoms with E-state index in [1.54, 1.807) is 0 Å². The molecule has 0 unspecified atom stereocenters. The van der Waals surface area contributed by atoms with Crippen molar-refractivity contribution >= 4 is 5.65 Å². The van der Waals surface area contributed by atoms with Gasteiger partial charge in [0.05, 0.1) is 11.4 Å². The number of fused-ring (bicyclic) bond motifs is 1. The fourth-order valence-electron chi connectivity index (χ4n) is 4.69. The minimum Gasteiger partial charge on any atom is -0.228 e. The minimum atomic E-state index is 0.587. The molecule has 7 nitrogen and oxygen atoms in total. The van der Waals surface area contributed by atoms with Crippen LogP contribution in [-0.2, 0) is 12.8 Å². The van der Waals surface area contributed by atoms with Gasteiger partial charge >= 0.3 is 0 Å². The Morgan fingerprint density at radius 3 is 2.31 bits per heavy atom. The highest BCUT2D eigenvalue weighted by atomic mass is 15.5. The molecule has 3 aromatic carbocycles. The Morgan fingerprint density at radius 2 is 1.58 bits per heavy atom. The summed E-state index contributed by atoms with van der Waals surface area (Å²) in [6, 6.07) is 29.2. The van der Waals surface area contributed by atoms with Crippen molar-refractivity contribution in [2.24, 2.45) is 0 Å². The van der Waals surface area contributed by atoms with E-state index in [0.717, 1.165) is 57.8 Å². The van der Waals surface area contributed by atoms with Crippen LogP contribution in [0.2, 0.25) is 0 Å². The van der Waals surface area contributed by atoms with Crippen LogP contribution >= 0.6 is 0 Å². The quantitative estimate of drug-likeness (QED) is 0.337. The van der Waals surface area contributed by atoms with Gasteiger partial charge in [0, 0.05) is 28.8 Å². The second-order valence-corrected chi connectivity index (χ2v) is 8.82. The maximum Gasteiger partial charge on any atom is 0.205 e. The van der Waals surface area contributed by atoms with Crippen molar-refractivity contribution in [3.8, 4) is 33.8 Å². The van der Waals surface area contributed by atoms with E-state index in [1.165, 1.54) is 11.1 Å². The number of rotatable bonds is 6. The molecule has 0 aliphatic heterocycles. The number of nitrogens with one attached hydrogen (secondary N) is 1. The highest BCUT2D eigenvalue weighted by molar-refractivity contribution is 5.80. The maximum absolute atomic E-state index is 5.05. The number of H-pyrrole nitrogens is 1. The third-order valence-corrected chi connectivity index (χ3v) is 6.51. The molecule has 7 heteroatoms. The predicted octanol–water partition coefficient (Wildman–Crippen LogP) is 5.71. The zero-order chi connectivity index (χ0) is 24.5. The zero-order valence-corrected chi connectivity index (χ0v) is 20.2. The highest BCUT2D eigenvalue weighted by Crippen LogP contribution is 2.31. The maximum atomic E-state index is 5.05. The van der Waals surface area contributed by atoms with Gasteiger partial charge in [-0.05, 0) is 41.3 Å². The molecular weight excluding hydrogens is 446 g/mol. The van der Waals surface area contributed by atoms with E-state index in [0.29, 0.717) is 5.82 Å². The van der Waals surface area contributed by atoms with Gasteiger partial charge in [-0.3, -0.25) is 0 Å². The summed E-state index contributed by atoms with van der Waals surface area (Å²) < 4.78 is 1.98. The van der Waals surface area contributed by atoms with Crippen LogP contribution in [-0.4, -0.2) is 35.2 Å². The lowest BCUT2D eigenvalue weighted by atomic mass is 9.96. The molecule has 0 radical (unpaired) electrons. The summed E-state index contributed by atoms with van der Waals surface area (Å²) in [7, 11) is 0. The molecular formula is C29H25N7. The molecule has 3 aromatic heterocycles. The molecule has 0 spiro atoms. The monoisotopic (exact) mass is 471 g/mol. The molecule has 1 N–H and O–H groups in total. The summed E-state index contributed by atoms with van der Waals surface area (Å²) in [5.74, 6) is 0.587. The Balaban J connectivity index is 1.37. The molecule has 0 bridgehead atoms. The van der Waals surface area contributed by atoms with Crippen LogP contribution in [0.1, 0.15) is 29.4 Å². The van der Waals surface area contributed by atoms with E-state index >= 15 is 0 Å². The summed E-state index contributed by atoms with van der Waals surface area (Å²) in [4.78, 5) is 5.05. The van der Waals surface area contributed by atoms with Crippen molar-refractivity contribution in [3.05, 3.63) is 107 Å². The molecule has 3 heterocycles. The van der Waals surface area contributed by atoms with Gasteiger partial charge in [-0.1, -0.05) is 85.8 Å². The zero-order valence-electron chi connectivity index (χ0n) is 20.2. The summed E-state index contributed by atoms with van der Waals surface area (Å²) >= 11 is 0. The lowest BCUT2D eigenvalue weighted by molar-refractivity contribution is 0.855. The molecule has 36 heavy (non-hydrogen) atoms. The van der Waals surface area contributed by atoms with Crippen LogP contribution in [0.5, 0.6) is 0 Å². The molecule has 0 saturated carbocycles. The van der Waals surface area contributed by atoms with Crippen molar-refractivity contribution in [3.63, 3.8) is 0 Å². The minimum absolute atomic E-state index is 0.587. The van der Waals surface area contributed by atoms with Crippen LogP contribution in [0, 0.1) is 6.92 Å². The van der Waals surface area contributed by atoms with Gasteiger partial charge in [0.2, 0.25) is 5.82 Å². The Hall–Kier alpha value is -4.65. The number of hydrogen-bond donors (Lipinski definition) is 1. The van der Waals surface area contributed by atoms with Crippen molar-refractivity contribution in [1.29, 1.82) is 0 Å². The average Bonchev–Trinajstić information content (AvgIpc) is 3.59. The first kappa shape index (κ1) is 21.9. The Morgan fingerprint density at radius 1 is 0.833 bits per heavy atom. The second-order valence-electron chi connectivity index (χ2n) is 8.82. The summed E-state index contributed by atoms with van der Waals surface area (Å²) in [6.45, 7) is 4.24. The number of aromatic nitrogens is 7. The topological polar surface area (TPSA) is 84.6 Å². The number of aryl methyl sites for hydroxylation is 2. The highest BCUT2D eigenvalue weighted by Gasteiger charge is 2.17. The Bertz CT molecular complexity index is 1630. The summed E-state index contributed by atoms with van der Waals surface area (Å²) in [5.41, 5.74) is 10.7. The molecule has 6 rings (SSSR count). The average molecular weight is 472 g/mol. The Kier molecular flexibility index (Phi) is 5.58. The first-order chi connectivity index (χ1) is 17.7. The number of hydrogen-bond acceptors (Lipinski definition) is 5. The molecule has 6 aromatic rings. The van der Waals surface area contributed by atoms with Gasteiger partial charge in [-0.25, -0.2) is 9.50 Å². The molecule has 0 saturated heterocycles. The van der Waals surface area contributed by atoms with Gasteiger partial charge in [0.15, 0.2) is 5.65 Å². The molecule has 176 valence electrons. The summed E-state index contributed by atoms with van der Waals surface area (Å²) in [5, 5.41) is 19.5. The first-order valence-electron chi connectivity index (χ1n) is 12.1. The second kappa shape index (κ2) is 9.19. The fourth-order valence-corrected chi connectivity index (χ4v) is 4.69. The van der Waals surface area contributed by atoms with Crippen molar-refractivity contribution in [2.75, 3.05) is 0 Å². The van der Waals surface area contributed by atoms with E-state index in [9.17, 15) is 0 Å². The largest absolute Gasteiger partial charge is 0.228 e. The number of aromatic amines is 1. The number of nitrogens with zero attached hydrogens (tertiary/aromatic N) is 6. The third kappa shape index (κ3) is 3.94. The van der Waals surface area contributed by atoms with Crippen LogP contribution in [0.15, 0.2) is 84.9 Å². The lowest BCUT2D eigenvalue weighted by Crippen LogP contribution is -1.99. The van der Waals surface area contributed by atoms with Crippen LogP contribution < -0.4 is 0 Å².